The van der Waals surface area contributed by atoms with Crippen LogP contribution in [0.25, 0.3) is 0 Å². The van der Waals surface area contributed by atoms with Crippen LogP contribution in [0.2, 0.25) is 10.0 Å². The van der Waals surface area contributed by atoms with Gasteiger partial charge in [-0.3, -0.25) is 10.1 Å². The molecule has 0 aliphatic carbocycles. The molecule has 3 aromatic rings. The van der Waals surface area contributed by atoms with Crippen LogP contribution in [0.5, 0.6) is 0 Å². The molecule has 0 fully saturated rings. The first-order valence-electron chi connectivity index (χ1n) is 7.67. The Balaban J connectivity index is 1.97. The number of pyridine rings is 1. The number of rotatable bonds is 5. The lowest BCUT2D eigenvalue weighted by atomic mass is 10.2. The molecular weight excluding hydrogens is 436 g/mol. The molecule has 0 aliphatic heterocycles. The molecule has 1 aromatic carbocycles. The molecule has 2 heterocycles. The number of nitrogens with zero attached hydrogens (tertiary/aromatic N) is 4. The number of alkyl halides is 3. The Kier molecular flexibility index (Phi) is 5.71. The summed E-state index contributed by atoms with van der Waals surface area (Å²) in [5.41, 5.74) is -1.20. The normalized spacial score (nSPS) is 11.2. The number of anilines is 4. The fourth-order valence-corrected chi connectivity index (χ4v) is 2.64. The number of benzene rings is 1. The van der Waals surface area contributed by atoms with E-state index in [-0.39, 0.29) is 17.5 Å². The van der Waals surface area contributed by atoms with Gasteiger partial charge in [0.25, 0.3) is 0 Å². The maximum atomic E-state index is 12.7. The van der Waals surface area contributed by atoms with E-state index in [0.717, 1.165) is 6.33 Å². The molecule has 29 heavy (non-hydrogen) atoms. The molecule has 0 saturated heterocycles. The molecule has 0 amide bonds. The van der Waals surface area contributed by atoms with E-state index >= 15 is 0 Å². The quantitative estimate of drug-likeness (QED) is 0.389. The highest BCUT2D eigenvalue weighted by Gasteiger charge is 2.32. The van der Waals surface area contributed by atoms with Crippen molar-refractivity contribution >= 4 is 52.0 Å². The first-order chi connectivity index (χ1) is 13.6. The van der Waals surface area contributed by atoms with Crippen molar-refractivity contribution in [2.75, 3.05) is 10.6 Å². The zero-order valence-corrected chi connectivity index (χ0v) is 15.5. The molecule has 0 aliphatic rings. The van der Waals surface area contributed by atoms with Gasteiger partial charge in [0.1, 0.15) is 6.33 Å². The highest BCUT2D eigenvalue weighted by Crippen LogP contribution is 2.36. The standard InChI is InChI=1S/C16H9Cl2F3N6O2/c17-9-2-1-3-10(5-9)25-14-12(27(28)29)15(24-7-23-14)26-13-11(18)4-8(6-22-13)16(19,20)21/h1-7H,(H2,22,23,24,25,26). The average Bonchev–Trinajstić information content (AvgIpc) is 2.62. The van der Waals surface area contributed by atoms with E-state index in [2.05, 4.69) is 25.6 Å². The number of hydrogen-bond donors (Lipinski definition) is 2. The van der Waals surface area contributed by atoms with E-state index in [0.29, 0.717) is 23.0 Å². The van der Waals surface area contributed by atoms with Crippen molar-refractivity contribution in [2.45, 2.75) is 6.18 Å². The molecule has 8 nitrogen and oxygen atoms in total. The third-order valence-corrected chi connectivity index (χ3v) is 4.02. The maximum absolute atomic E-state index is 12.7. The van der Waals surface area contributed by atoms with Crippen LogP contribution in [0.4, 0.5) is 42.0 Å². The van der Waals surface area contributed by atoms with Crippen molar-refractivity contribution in [3.05, 3.63) is 68.6 Å². The van der Waals surface area contributed by atoms with Crippen LogP contribution < -0.4 is 10.6 Å². The van der Waals surface area contributed by atoms with E-state index in [1.54, 1.807) is 18.2 Å². The summed E-state index contributed by atoms with van der Waals surface area (Å²) in [5.74, 6) is -0.725. The van der Waals surface area contributed by atoms with E-state index in [4.69, 9.17) is 23.2 Å². The summed E-state index contributed by atoms with van der Waals surface area (Å²) in [6.45, 7) is 0. The smallest absolute Gasteiger partial charge is 0.334 e. The van der Waals surface area contributed by atoms with E-state index in [1.807, 2.05) is 0 Å². The predicted octanol–water partition coefficient (Wildman–Crippen LogP) is 5.59. The Morgan fingerprint density at radius 3 is 2.28 bits per heavy atom. The van der Waals surface area contributed by atoms with Crippen molar-refractivity contribution in [3.63, 3.8) is 0 Å². The molecule has 3 rings (SSSR count). The Bertz CT molecular complexity index is 1080. The SMILES string of the molecule is O=[N+]([O-])c1c(Nc2cccc(Cl)c2)ncnc1Nc1ncc(C(F)(F)F)cc1Cl. The second-order valence-electron chi connectivity index (χ2n) is 5.49. The molecule has 13 heteroatoms. The van der Waals surface area contributed by atoms with Crippen LogP contribution in [0.1, 0.15) is 5.56 Å². The summed E-state index contributed by atoms with van der Waals surface area (Å²) < 4.78 is 38.2. The van der Waals surface area contributed by atoms with Crippen LogP contribution in [-0.2, 0) is 6.18 Å². The zero-order valence-electron chi connectivity index (χ0n) is 14.0. The van der Waals surface area contributed by atoms with Crippen molar-refractivity contribution in [3.8, 4) is 0 Å². The van der Waals surface area contributed by atoms with Crippen LogP contribution >= 0.6 is 23.2 Å². The molecule has 0 spiro atoms. The van der Waals surface area contributed by atoms with E-state index < -0.39 is 27.4 Å². The number of hydrogen-bond acceptors (Lipinski definition) is 7. The van der Waals surface area contributed by atoms with Crippen LogP contribution in [0.15, 0.2) is 42.9 Å². The molecule has 0 radical (unpaired) electrons. The van der Waals surface area contributed by atoms with Gasteiger partial charge in [-0.05, 0) is 24.3 Å². The van der Waals surface area contributed by atoms with Gasteiger partial charge in [-0.2, -0.15) is 13.2 Å². The topological polar surface area (TPSA) is 106 Å². The molecule has 150 valence electrons. The minimum Gasteiger partial charge on any atom is -0.334 e. The van der Waals surface area contributed by atoms with Gasteiger partial charge in [0.2, 0.25) is 11.6 Å². The summed E-state index contributed by atoms with van der Waals surface area (Å²) in [5, 5.41) is 16.8. The highest BCUT2D eigenvalue weighted by molar-refractivity contribution is 6.33. The lowest BCUT2D eigenvalue weighted by Crippen LogP contribution is -2.08. The molecular formula is C16H9Cl2F3N6O2. The number of halogens is 5. The number of nitrogens with one attached hydrogen (secondary N) is 2. The monoisotopic (exact) mass is 444 g/mol. The first kappa shape index (κ1) is 20.6. The second kappa shape index (κ2) is 8.05. The maximum Gasteiger partial charge on any atom is 0.417 e. The molecule has 0 atom stereocenters. The van der Waals surface area contributed by atoms with Crippen molar-refractivity contribution in [1.29, 1.82) is 0 Å². The largest absolute Gasteiger partial charge is 0.417 e. The zero-order chi connectivity index (χ0) is 21.2. The Hall–Kier alpha value is -3.18. The van der Waals surface area contributed by atoms with Crippen LogP contribution in [-0.4, -0.2) is 19.9 Å². The minimum absolute atomic E-state index is 0.169. The van der Waals surface area contributed by atoms with Crippen molar-refractivity contribution < 1.29 is 18.1 Å². The molecule has 0 bridgehead atoms. The average molecular weight is 445 g/mol. The predicted molar refractivity (Wildman–Crippen MR) is 101 cm³/mol. The summed E-state index contributed by atoms with van der Waals surface area (Å²) in [6.07, 6.45) is -3.06. The van der Waals surface area contributed by atoms with Gasteiger partial charge in [-0.15, -0.1) is 0 Å². The molecule has 0 unspecified atom stereocenters. The summed E-state index contributed by atoms with van der Waals surface area (Å²) in [6, 6.07) is 7.03. The van der Waals surface area contributed by atoms with Crippen molar-refractivity contribution in [1.82, 2.24) is 15.0 Å². The minimum atomic E-state index is -4.63. The first-order valence-corrected chi connectivity index (χ1v) is 8.42. The molecule has 0 saturated carbocycles. The second-order valence-corrected chi connectivity index (χ2v) is 6.33. The third kappa shape index (κ3) is 4.81. The Morgan fingerprint density at radius 2 is 1.69 bits per heavy atom. The van der Waals surface area contributed by atoms with Gasteiger partial charge in [0.15, 0.2) is 5.82 Å². The number of aromatic nitrogens is 3. The van der Waals surface area contributed by atoms with Crippen LogP contribution in [0, 0.1) is 10.1 Å². The van der Waals surface area contributed by atoms with E-state index in [1.165, 1.54) is 6.07 Å². The Labute approximate surface area is 170 Å². The van der Waals surface area contributed by atoms with Gasteiger partial charge in [-0.25, -0.2) is 15.0 Å². The fourth-order valence-electron chi connectivity index (χ4n) is 2.23. The summed E-state index contributed by atoms with van der Waals surface area (Å²) in [4.78, 5) is 22.0. The Morgan fingerprint density at radius 1 is 1.00 bits per heavy atom. The third-order valence-electron chi connectivity index (χ3n) is 3.50. The van der Waals surface area contributed by atoms with Gasteiger partial charge in [-0.1, -0.05) is 29.3 Å². The number of nitro groups is 1. The van der Waals surface area contributed by atoms with Gasteiger partial charge in [0.05, 0.1) is 15.5 Å². The van der Waals surface area contributed by atoms with E-state index in [9.17, 15) is 23.3 Å². The van der Waals surface area contributed by atoms with Crippen molar-refractivity contribution in [2.24, 2.45) is 0 Å². The lowest BCUT2D eigenvalue weighted by Gasteiger charge is -2.12. The molecule has 2 N–H and O–H groups in total. The van der Waals surface area contributed by atoms with Gasteiger partial charge in [0, 0.05) is 16.9 Å². The fraction of sp³-hybridized carbons (Fsp3) is 0.0625. The lowest BCUT2D eigenvalue weighted by molar-refractivity contribution is -0.383. The summed E-state index contributed by atoms with van der Waals surface area (Å²) in [7, 11) is 0. The highest BCUT2D eigenvalue weighted by atomic mass is 35.5. The van der Waals surface area contributed by atoms with Gasteiger partial charge < -0.3 is 10.6 Å². The molecule has 2 aromatic heterocycles. The van der Waals surface area contributed by atoms with Crippen LogP contribution in [0.3, 0.4) is 0 Å². The summed E-state index contributed by atoms with van der Waals surface area (Å²) >= 11 is 11.7. The van der Waals surface area contributed by atoms with Gasteiger partial charge >= 0.3 is 11.9 Å².